The molecule has 1 atom stereocenters. The minimum absolute atomic E-state index is 0.101. The van der Waals surface area contributed by atoms with Crippen molar-refractivity contribution in [1.82, 2.24) is 9.80 Å². The molecular formula is C28H38N8O9S2. The number of hydrogen-bond acceptors (Lipinski definition) is 11. The molecule has 4 rings (SSSR count). The van der Waals surface area contributed by atoms with E-state index in [1.165, 1.54) is 21.9 Å². The maximum Gasteiger partial charge on any atom is 0.289 e. The molecule has 2 heterocycles. The lowest BCUT2D eigenvalue weighted by Gasteiger charge is -2.14. The highest BCUT2D eigenvalue weighted by Crippen LogP contribution is 2.29. The second kappa shape index (κ2) is 18.2. The topological polar surface area (TPSA) is 230 Å². The Hall–Kier alpha value is -5.04. The summed E-state index contributed by atoms with van der Waals surface area (Å²) in [6, 6.07) is 9.40. The molecule has 2 aliphatic heterocycles. The van der Waals surface area contributed by atoms with Gasteiger partial charge in [-0.15, -0.1) is 17.6 Å². The van der Waals surface area contributed by atoms with Crippen LogP contribution in [-0.4, -0.2) is 112 Å². The van der Waals surface area contributed by atoms with E-state index in [0.29, 0.717) is 19.8 Å². The predicted octanol–water partition coefficient (Wildman–Crippen LogP) is 2.06. The van der Waals surface area contributed by atoms with Gasteiger partial charge in [-0.1, -0.05) is 12.1 Å². The molecule has 0 saturated carbocycles. The molecule has 0 spiro atoms. The van der Waals surface area contributed by atoms with Gasteiger partial charge in [-0.2, -0.15) is 0 Å². The highest BCUT2D eigenvalue weighted by Gasteiger charge is 2.24. The molecule has 0 aromatic heterocycles. The van der Waals surface area contributed by atoms with Gasteiger partial charge in [0.05, 0.1) is 42.3 Å². The maximum atomic E-state index is 12.0. The van der Waals surface area contributed by atoms with Crippen molar-refractivity contribution in [2.75, 3.05) is 59.1 Å². The number of carbonyl (C=O) groups is 2. The number of hydrogen-bond donors (Lipinski definition) is 4. The standard InChI is InChI=1S/C13H16N4O4S.C9H12N2O2.C6H10N2O3S/c1-4-21-12-11(15-22(20)16-12)14-9-7-5-6-8(10(9)18)13(19)17(2)3;1-11(2)9(13)6-4-3-5-7(10)8(6)12;1-3-10-5-6(11-4-2)8-12(9)7-5/h5-7,18H,4H2,1-3H3,(H,14,15);3-5,12H,10H2,1-2H3;3-4H2,1-2H3. The van der Waals surface area contributed by atoms with Gasteiger partial charge in [0.25, 0.3) is 51.9 Å². The van der Waals surface area contributed by atoms with Crippen LogP contribution in [0.2, 0.25) is 0 Å². The summed E-state index contributed by atoms with van der Waals surface area (Å²) < 4.78 is 52.2. The largest absolute Gasteiger partial charge is 0.505 e. The number of nitrogens with zero attached hydrogens (tertiary/aromatic N) is 6. The minimum Gasteiger partial charge on any atom is -0.505 e. The monoisotopic (exact) mass is 694 g/mol. The van der Waals surface area contributed by atoms with Crippen LogP contribution in [0.1, 0.15) is 41.5 Å². The van der Waals surface area contributed by atoms with Gasteiger partial charge in [0.15, 0.2) is 11.5 Å². The van der Waals surface area contributed by atoms with Crippen LogP contribution in [0.25, 0.3) is 0 Å². The van der Waals surface area contributed by atoms with Crippen LogP contribution < -0.4 is 11.1 Å². The van der Waals surface area contributed by atoms with E-state index in [1.54, 1.807) is 59.4 Å². The molecule has 2 aromatic carbocycles. The molecule has 17 nitrogen and oxygen atoms in total. The summed E-state index contributed by atoms with van der Waals surface area (Å²) in [5.74, 6) is -0.259. The highest BCUT2D eigenvalue weighted by molar-refractivity contribution is 7.83. The summed E-state index contributed by atoms with van der Waals surface area (Å²) in [4.78, 5) is 26.2. The van der Waals surface area contributed by atoms with Gasteiger partial charge in [0.1, 0.15) is 0 Å². The second-order valence-electron chi connectivity index (χ2n) is 9.36. The van der Waals surface area contributed by atoms with Crippen molar-refractivity contribution in [3.8, 4) is 11.5 Å². The number of benzene rings is 2. The Bertz CT molecular complexity index is 1600. The average Bonchev–Trinajstić information content (AvgIpc) is 3.55. The first-order valence-electron chi connectivity index (χ1n) is 13.9. The summed E-state index contributed by atoms with van der Waals surface area (Å²) in [6.07, 6.45) is 0. The fourth-order valence-electron chi connectivity index (χ4n) is 3.41. The number of phenols is 2. The van der Waals surface area contributed by atoms with Crippen molar-refractivity contribution in [2.24, 2.45) is 17.6 Å². The minimum atomic E-state index is -1.75. The number of para-hydroxylation sites is 2. The van der Waals surface area contributed by atoms with Crippen LogP contribution >= 0.6 is 0 Å². The molecule has 2 aromatic rings. The molecule has 256 valence electrons. The molecule has 0 saturated heterocycles. The Labute approximate surface area is 277 Å². The van der Waals surface area contributed by atoms with Gasteiger partial charge in [-0.25, -0.2) is 8.42 Å². The van der Waals surface area contributed by atoms with Gasteiger partial charge in [-0.3, -0.25) is 9.59 Å². The summed E-state index contributed by atoms with van der Waals surface area (Å²) >= 11 is -3.31. The van der Waals surface area contributed by atoms with E-state index >= 15 is 0 Å². The Kier molecular flexibility index (Phi) is 14.8. The molecule has 0 fully saturated rings. The number of amides is 2. The van der Waals surface area contributed by atoms with Crippen molar-refractivity contribution >= 4 is 69.1 Å². The average molecular weight is 695 g/mol. The van der Waals surface area contributed by atoms with Gasteiger partial charge in [-0.05, 0) is 45.0 Å². The molecule has 2 aliphatic rings. The molecule has 2 amide bonds. The number of phenolic OH excluding ortho intramolecular Hbond substituents is 2. The molecular weight excluding hydrogens is 656 g/mol. The fourth-order valence-corrected chi connectivity index (χ4v) is 4.60. The van der Waals surface area contributed by atoms with E-state index in [-0.39, 0.29) is 69.3 Å². The number of aromatic hydroxyl groups is 2. The third kappa shape index (κ3) is 10.8. The van der Waals surface area contributed by atoms with Crippen LogP contribution in [0.4, 0.5) is 11.4 Å². The van der Waals surface area contributed by atoms with E-state index in [9.17, 15) is 28.2 Å². The first kappa shape index (κ1) is 38.1. The first-order chi connectivity index (χ1) is 22.2. The Morgan fingerprint density at radius 2 is 1.15 bits per heavy atom. The molecule has 1 unspecified atom stereocenters. The molecule has 0 bridgehead atoms. The van der Waals surface area contributed by atoms with Crippen molar-refractivity contribution < 1.29 is 42.4 Å². The van der Waals surface area contributed by atoms with E-state index in [0.717, 1.165) is 0 Å². The van der Waals surface area contributed by atoms with Crippen LogP contribution in [0.15, 0.2) is 54.0 Å². The first-order valence-corrected chi connectivity index (χ1v) is 16.1. The van der Waals surface area contributed by atoms with Crippen molar-refractivity contribution in [1.29, 1.82) is 0 Å². The van der Waals surface area contributed by atoms with E-state index in [2.05, 4.69) is 22.9 Å². The van der Waals surface area contributed by atoms with Crippen molar-refractivity contribution in [3.63, 3.8) is 0 Å². The second-order valence-corrected chi connectivity index (χ2v) is 11.0. The zero-order chi connectivity index (χ0) is 35.3. The van der Waals surface area contributed by atoms with E-state index in [1.807, 2.05) is 13.8 Å². The molecule has 0 radical (unpaired) electrons. The maximum absolute atomic E-state index is 12.0. The van der Waals surface area contributed by atoms with Gasteiger partial charge in [0.2, 0.25) is 5.84 Å². The number of amidine groups is 1. The quantitative estimate of drug-likeness (QED) is 0.253. The summed E-state index contributed by atoms with van der Waals surface area (Å²) in [5, 5.41) is 22.5. The highest BCUT2D eigenvalue weighted by atomic mass is 32.2. The number of carbonyl (C=O) groups excluding carboxylic acids is 2. The number of rotatable bonds is 6. The lowest BCUT2D eigenvalue weighted by atomic mass is 10.1. The predicted molar refractivity (Wildman–Crippen MR) is 181 cm³/mol. The lowest BCUT2D eigenvalue weighted by molar-refractivity contribution is 0.0817. The van der Waals surface area contributed by atoms with E-state index < -0.39 is 22.3 Å². The number of nitrogens with one attached hydrogen (secondary N) is 1. The Morgan fingerprint density at radius 3 is 1.64 bits per heavy atom. The van der Waals surface area contributed by atoms with Crippen molar-refractivity contribution in [2.45, 2.75) is 20.8 Å². The smallest absolute Gasteiger partial charge is 0.289 e. The Balaban J connectivity index is 0.000000263. The third-order valence-electron chi connectivity index (χ3n) is 5.51. The zero-order valence-electron chi connectivity index (χ0n) is 26.9. The lowest BCUT2D eigenvalue weighted by Crippen LogP contribution is -2.24. The van der Waals surface area contributed by atoms with Gasteiger partial charge in [0, 0.05) is 28.2 Å². The number of nitrogen functional groups attached to an aromatic ring is 1. The molecule has 47 heavy (non-hydrogen) atoms. The van der Waals surface area contributed by atoms with E-state index in [4.69, 9.17) is 19.9 Å². The zero-order valence-corrected chi connectivity index (χ0v) is 28.5. The van der Waals surface area contributed by atoms with Crippen LogP contribution in [-0.2, 0) is 36.6 Å². The fraction of sp³-hybridized carbons (Fsp3) is 0.357. The summed E-state index contributed by atoms with van der Waals surface area (Å²) in [7, 11) is 6.41. The number of ether oxygens (including phenoxy) is 3. The normalized spacial score (nSPS) is 14.9. The Morgan fingerprint density at radius 1 is 0.723 bits per heavy atom. The van der Waals surface area contributed by atoms with Crippen LogP contribution in [0.3, 0.4) is 0 Å². The van der Waals surface area contributed by atoms with Crippen molar-refractivity contribution in [3.05, 3.63) is 47.5 Å². The summed E-state index contributed by atoms with van der Waals surface area (Å²) in [6.45, 7) is 6.64. The molecule has 0 aliphatic carbocycles. The van der Waals surface area contributed by atoms with Crippen LogP contribution in [0, 0.1) is 0 Å². The summed E-state index contributed by atoms with van der Waals surface area (Å²) in [5.41, 5.74) is 6.27. The molecule has 5 N–H and O–H groups in total. The number of nitrogens with two attached hydrogens (primary N) is 1. The third-order valence-corrected chi connectivity index (χ3v) is 6.82. The molecule has 19 heteroatoms. The van der Waals surface area contributed by atoms with Crippen LogP contribution in [0.5, 0.6) is 11.5 Å². The van der Waals surface area contributed by atoms with Gasteiger partial charge < -0.3 is 45.3 Å². The number of anilines is 2. The van der Waals surface area contributed by atoms with Gasteiger partial charge >= 0.3 is 0 Å². The SMILES string of the molecule is CCOC1=NS(=O)N=C1Nc1cccc(C(=O)N(C)C)c1O.CCOC1=NS(=O)N=C1OCC.CN(C)C(=O)c1cccc(N)c1O.